The molecule has 122 valence electrons. The number of carboxylic acid groups (broad SMARTS) is 1. The van der Waals surface area contributed by atoms with Crippen LogP contribution in [0.4, 0.5) is 4.39 Å². The standard InChI is InChI=1S/C14H19FN2O4S/c1-10(14(18)19)17-8-6-12(7-9-17)16-22(20,21)13-4-2-11(15)3-5-13/h2-5,10,12,16H,6-9H2,1H3,(H,18,19)/t10-/m0/s1. The van der Waals surface area contributed by atoms with Crippen molar-refractivity contribution in [2.45, 2.75) is 36.7 Å². The maximum atomic E-state index is 12.8. The lowest BCUT2D eigenvalue weighted by Gasteiger charge is -2.34. The molecule has 6 nitrogen and oxygen atoms in total. The Hall–Kier alpha value is -1.51. The van der Waals surface area contributed by atoms with Crippen LogP contribution in [0.1, 0.15) is 19.8 Å². The first-order chi connectivity index (χ1) is 10.3. The van der Waals surface area contributed by atoms with Gasteiger partial charge in [0.1, 0.15) is 11.9 Å². The third kappa shape index (κ3) is 4.02. The molecule has 0 aromatic heterocycles. The zero-order chi connectivity index (χ0) is 16.3. The molecule has 0 saturated carbocycles. The molecule has 1 aromatic carbocycles. The lowest BCUT2D eigenvalue weighted by atomic mass is 10.0. The maximum absolute atomic E-state index is 12.8. The molecule has 2 N–H and O–H groups in total. The molecule has 0 spiro atoms. The second kappa shape index (κ2) is 6.72. The van der Waals surface area contributed by atoms with Gasteiger partial charge in [0.25, 0.3) is 0 Å². The molecule has 0 amide bonds. The monoisotopic (exact) mass is 330 g/mol. The zero-order valence-corrected chi connectivity index (χ0v) is 13.0. The van der Waals surface area contributed by atoms with Gasteiger partial charge in [-0.15, -0.1) is 0 Å². The van der Waals surface area contributed by atoms with E-state index in [9.17, 15) is 17.6 Å². The molecule has 0 aliphatic carbocycles. The number of likely N-dealkylation sites (tertiary alicyclic amines) is 1. The quantitative estimate of drug-likeness (QED) is 0.842. The summed E-state index contributed by atoms with van der Waals surface area (Å²) in [4.78, 5) is 12.8. The topological polar surface area (TPSA) is 86.7 Å². The minimum atomic E-state index is -3.68. The molecular weight excluding hydrogens is 311 g/mol. The fourth-order valence-electron chi connectivity index (χ4n) is 2.46. The average molecular weight is 330 g/mol. The van der Waals surface area contributed by atoms with E-state index in [1.165, 1.54) is 12.1 Å². The van der Waals surface area contributed by atoms with Crippen molar-refractivity contribution in [2.75, 3.05) is 13.1 Å². The van der Waals surface area contributed by atoms with Crippen molar-refractivity contribution in [3.8, 4) is 0 Å². The summed E-state index contributed by atoms with van der Waals surface area (Å²) in [5, 5.41) is 8.97. The van der Waals surface area contributed by atoms with E-state index in [4.69, 9.17) is 5.11 Å². The van der Waals surface area contributed by atoms with Crippen LogP contribution in [0.3, 0.4) is 0 Å². The van der Waals surface area contributed by atoms with Crippen molar-refractivity contribution in [3.63, 3.8) is 0 Å². The molecule has 1 fully saturated rings. The summed E-state index contributed by atoms with van der Waals surface area (Å²) in [6, 6.07) is 3.83. The summed E-state index contributed by atoms with van der Waals surface area (Å²) >= 11 is 0. The van der Waals surface area contributed by atoms with E-state index < -0.39 is 27.9 Å². The third-order valence-electron chi connectivity index (χ3n) is 3.88. The number of nitrogens with zero attached hydrogens (tertiary/aromatic N) is 1. The number of carboxylic acids is 1. The summed E-state index contributed by atoms with van der Waals surface area (Å²) in [7, 11) is -3.68. The van der Waals surface area contributed by atoms with Gasteiger partial charge in [-0.25, -0.2) is 17.5 Å². The minimum Gasteiger partial charge on any atom is -0.480 e. The minimum absolute atomic E-state index is 0.0234. The molecule has 1 atom stereocenters. The average Bonchev–Trinajstić information content (AvgIpc) is 2.47. The zero-order valence-electron chi connectivity index (χ0n) is 12.2. The molecule has 8 heteroatoms. The molecule has 22 heavy (non-hydrogen) atoms. The number of hydrogen-bond donors (Lipinski definition) is 2. The van der Waals surface area contributed by atoms with Crippen LogP contribution < -0.4 is 4.72 Å². The first-order valence-corrected chi connectivity index (χ1v) is 8.52. The number of aliphatic carboxylic acids is 1. The van der Waals surface area contributed by atoms with Gasteiger partial charge in [0.15, 0.2) is 0 Å². The number of sulfonamides is 1. The number of halogens is 1. The number of nitrogens with one attached hydrogen (secondary N) is 1. The maximum Gasteiger partial charge on any atom is 0.320 e. The van der Waals surface area contributed by atoms with Gasteiger partial charge in [-0.2, -0.15) is 0 Å². The van der Waals surface area contributed by atoms with Gasteiger partial charge in [-0.05, 0) is 44.0 Å². The Morgan fingerprint density at radius 2 is 1.86 bits per heavy atom. The lowest BCUT2D eigenvalue weighted by molar-refractivity contribution is -0.143. The van der Waals surface area contributed by atoms with Gasteiger partial charge >= 0.3 is 5.97 Å². The number of carbonyl (C=O) groups is 1. The van der Waals surface area contributed by atoms with Gasteiger partial charge in [0.2, 0.25) is 10.0 Å². The van der Waals surface area contributed by atoms with Crippen LogP contribution >= 0.6 is 0 Å². The summed E-state index contributed by atoms with van der Waals surface area (Å²) < 4.78 is 39.8. The van der Waals surface area contributed by atoms with E-state index in [2.05, 4.69) is 4.72 Å². The van der Waals surface area contributed by atoms with Crippen molar-refractivity contribution >= 4 is 16.0 Å². The Balaban J connectivity index is 1.95. The van der Waals surface area contributed by atoms with Crippen molar-refractivity contribution in [2.24, 2.45) is 0 Å². The molecule has 1 heterocycles. The second-order valence-corrected chi connectivity index (χ2v) is 7.11. The highest BCUT2D eigenvalue weighted by Crippen LogP contribution is 2.17. The first kappa shape index (κ1) is 16.9. The van der Waals surface area contributed by atoms with E-state index in [1.807, 2.05) is 4.90 Å². The predicted octanol–water partition coefficient (Wildman–Crippen LogP) is 1.04. The Bertz CT molecular complexity index is 625. The van der Waals surface area contributed by atoms with E-state index in [0.29, 0.717) is 25.9 Å². The Morgan fingerprint density at radius 3 is 2.36 bits per heavy atom. The van der Waals surface area contributed by atoms with Gasteiger partial charge in [-0.1, -0.05) is 0 Å². The number of hydrogen-bond acceptors (Lipinski definition) is 4. The first-order valence-electron chi connectivity index (χ1n) is 7.04. The van der Waals surface area contributed by atoms with Crippen LogP contribution in [-0.2, 0) is 14.8 Å². The smallest absolute Gasteiger partial charge is 0.320 e. The molecular formula is C14H19FN2O4S. The van der Waals surface area contributed by atoms with Gasteiger partial charge in [0.05, 0.1) is 4.90 Å². The molecule has 0 unspecified atom stereocenters. The van der Waals surface area contributed by atoms with Crippen LogP contribution in [0.15, 0.2) is 29.2 Å². The Kier molecular flexibility index (Phi) is 5.15. The van der Waals surface area contributed by atoms with Gasteiger partial charge < -0.3 is 5.11 Å². The molecule has 1 saturated heterocycles. The summed E-state index contributed by atoms with van der Waals surface area (Å²) in [6.45, 7) is 2.65. The van der Waals surface area contributed by atoms with Gasteiger partial charge in [-0.3, -0.25) is 9.69 Å². The van der Waals surface area contributed by atoms with Crippen molar-refractivity contribution in [1.82, 2.24) is 9.62 Å². The second-order valence-electron chi connectivity index (χ2n) is 5.40. The van der Waals surface area contributed by atoms with Crippen molar-refractivity contribution in [1.29, 1.82) is 0 Å². The van der Waals surface area contributed by atoms with Crippen molar-refractivity contribution in [3.05, 3.63) is 30.1 Å². The molecule has 1 aromatic rings. The molecule has 0 radical (unpaired) electrons. The fraction of sp³-hybridized carbons (Fsp3) is 0.500. The predicted molar refractivity (Wildman–Crippen MR) is 78.4 cm³/mol. The van der Waals surface area contributed by atoms with Crippen LogP contribution in [-0.4, -0.2) is 49.6 Å². The van der Waals surface area contributed by atoms with E-state index in [0.717, 1.165) is 12.1 Å². The van der Waals surface area contributed by atoms with Gasteiger partial charge in [0, 0.05) is 19.1 Å². The number of rotatable bonds is 5. The van der Waals surface area contributed by atoms with E-state index in [1.54, 1.807) is 6.92 Å². The Morgan fingerprint density at radius 1 is 1.32 bits per heavy atom. The van der Waals surface area contributed by atoms with Crippen LogP contribution in [0.2, 0.25) is 0 Å². The highest BCUT2D eigenvalue weighted by atomic mass is 32.2. The number of piperidine rings is 1. The molecule has 0 bridgehead atoms. The molecule has 2 rings (SSSR count). The third-order valence-corrected chi connectivity index (χ3v) is 5.42. The normalized spacial score (nSPS) is 19.0. The molecule has 1 aliphatic heterocycles. The summed E-state index contributed by atoms with van der Waals surface area (Å²) in [6.07, 6.45) is 1.08. The lowest BCUT2D eigenvalue weighted by Crippen LogP contribution is -2.49. The van der Waals surface area contributed by atoms with Crippen LogP contribution in [0.25, 0.3) is 0 Å². The van der Waals surface area contributed by atoms with Crippen molar-refractivity contribution < 1.29 is 22.7 Å². The fourth-order valence-corrected chi connectivity index (χ4v) is 3.77. The van der Waals surface area contributed by atoms with Crippen LogP contribution in [0.5, 0.6) is 0 Å². The van der Waals surface area contributed by atoms with Crippen LogP contribution in [0, 0.1) is 5.82 Å². The highest BCUT2D eigenvalue weighted by molar-refractivity contribution is 7.89. The molecule has 1 aliphatic rings. The largest absolute Gasteiger partial charge is 0.480 e. The summed E-state index contributed by atoms with van der Waals surface area (Å²) in [5.41, 5.74) is 0. The SMILES string of the molecule is C[C@@H](C(=O)O)N1CCC(NS(=O)(=O)c2ccc(F)cc2)CC1. The van der Waals surface area contributed by atoms with E-state index >= 15 is 0 Å². The summed E-state index contributed by atoms with van der Waals surface area (Å²) in [5.74, 6) is -1.37. The van der Waals surface area contributed by atoms with E-state index in [-0.39, 0.29) is 10.9 Å². The number of benzene rings is 1. The Labute approximate surface area is 129 Å². The highest BCUT2D eigenvalue weighted by Gasteiger charge is 2.28.